The van der Waals surface area contributed by atoms with Crippen molar-refractivity contribution in [1.29, 1.82) is 0 Å². The van der Waals surface area contributed by atoms with Crippen LogP contribution in [0.4, 0.5) is 0 Å². The van der Waals surface area contributed by atoms with Gasteiger partial charge in [-0.25, -0.2) is 0 Å². The maximum absolute atomic E-state index is 5.78. The SMILES string of the molecule is CCCCC=[C-]B1OC(C)(C)C(C)(C)O1.[Zn+][I]. The Labute approximate surface area is 127 Å². The van der Waals surface area contributed by atoms with E-state index in [1.807, 2.05) is 6.08 Å². The molecule has 1 aliphatic heterocycles. The van der Waals surface area contributed by atoms with Crippen LogP contribution in [0.1, 0.15) is 53.9 Å². The molecule has 0 aromatic rings. The zero-order valence-electron chi connectivity index (χ0n) is 11.7. The second-order valence-electron chi connectivity index (χ2n) is 5.10. The summed E-state index contributed by atoms with van der Waals surface area (Å²) < 4.78 is 11.6. The molecule has 1 saturated heterocycles. The van der Waals surface area contributed by atoms with Crippen LogP contribution in [0.15, 0.2) is 6.08 Å². The Hall–Kier alpha value is 1.08. The summed E-state index contributed by atoms with van der Waals surface area (Å²) in [7, 11) is -0.299. The molecule has 0 bridgehead atoms. The molecule has 1 heterocycles. The molecule has 0 N–H and O–H groups in total. The third-order valence-electron chi connectivity index (χ3n) is 3.21. The predicted molar refractivity (Wildman–Crippen MR) is 77.4 cm³/mol. The van der Waals surface area contributed by atoms with E-state index in [-0.39, 0.29) is 18.3 Å². The van der Waals surface area contributed by atoms with Crippen LogP contribution < -0.4 is 0 Å². The molecule has 94 valence electrons. The summed E-state index contributed by atoms with van der Waals surface area (Å²) in [4.78, 5) is 0. The standard InChI is InChI=1S/C12H22BO2.HI.Zn/c1-6-7-8-9-10-13-14-11(2,3)12(4,5)15-13;;/h9H,6-8H2,1-5H3;1H;/q-1;;+2/p-1. The van der Waals surface area contributed by atoms with E-state index in [9.17, 15) is 0 Å². The number of unbranched alkanes of at least 4 members (excludes halogenated alkanes) is 2. The summed E-state index contributed by atoms with van der Waals surface area (Å²) in [5.74, 6) is 3.16. The van der Waals surface area contributed by atoms with Crippen molar-refractivity contribution < 1.29 is 24.1 Å². The molecule has 0 radical (unpaired) electrons. The van der Waals surface area contributed by atoms with Gasteiger partial charge in [0.15, 0.2) is 0 Å². The van der Waals surface area contributed by atoms with Gasteiger partial charge in [-0.15, -0.1) is 0 Å². The molecule has 0 aromatic heterocycles. The fourth-order valence-electron chi connectivity index (χ4n) is 1.40. The van der Waals surface area contributed by atoms with Crippen LogP contribution in [0.2, 0.25) is 0 Å². The average Bonchev–Trinajstić information content (AvgIpc) is 2.46. The quantitative estimate of drug-likeness (QED) is 0.306. The summed E-state index contributed by atoms with van der Waals surface area (Å²) in [6, 6.07) is 0. The molecule has 1 aliphatic rings. The van der Waals surface area contributed by atoms with Crippen LogP contribution in [-0.4, -0.2) is 18.3 Å². The molecule has 1 rings (SSSR count). The number of allylic oxidation sites excluding steroid dienone is 1. The van der Waals surface area contributed by atoms with Gasteiger partial charge in [0.1, 0.15) is 0 Å². The number of hydrogen-bond donors (Lipinski definition) is 0. The van der Waals surface area contributed by atoms with Crippen molar-refractivity contribution in [3.05, 3.63) is 12.1 Å². The molecule has 0 amide bonds. The van der Waals surface area contributed by atoms with Gasteiger partial charge in [0.05, 0.1) is 11.2 Å². The summed E-state index contributed by atoms with van der Waals surface area (Å²) >= 11 is 3.62. The fraction of sp³-hybridized carbons (Fsp3) is 0.833. The van der Waals surface area contributed by atoms with Crippen molar-refractivity contribution in [2.45, 2.75) is 65.1 Å². The van der Waals surface area contributed by atoms with Gasteiger partial charge in [-0.2, -0.15) is 0 Å². The first-order chi connectivity index (χ1) is 7.89. The van der Waals surface area contributed by atoms with E-state index >= 15 is 0 Å². The third-order valence-corrected chi connectivity index (χ3v) is 3.21. The Kier molecular flexibility index (Phi) is 8.82. The Morgan fingerprint density at radius 3 is 2.06 bits per heavy atom. The van der Waals surface area contributed by atoms with E-state index < -0.39 is 0 Å². The molecular formula is C12H22BIO2Zn. The average molecular weight is 401 g/mol. The van der Waals surface area contributed by atoms with E-state index in [4.69, 9.17) is 9.31 Å². The summed E-state index contributed by atoms with van der Waals surface area (Å²) in [5.41, 5.74) is -0.494. The van der Waals surface area contributed by atoms with Gasteiger partial charge >= 0.3 is 34.5 Å². The Morgan fingerprint density at radius 2 is 1.65 bits per heavy atom. The summed E-state index contributed by atoms with van der Waals surface area (Å²) in [6.07, 6.45) is 5.50. The van der Waals surface area contributed by atoms with Gasteiger partial charge in [-0.1, -0.05) is 26.2 Å². The Morgan fingerprint density at radius 1 is 1.18 bits per heavy atom. The second kappa shape index (κ2) is 8.29. The molecule has 1 fully saturated rings. The van der Waals surface area contributed by atoms with Gasteiger partial charge in [0, 0.05) is 0 Å². The molecule has 0 atom stereocenters. The minimum absolute atomic E-state index is 0.247. The molecule has 17 heavy (non-hydrogen) atoms. The van der Waals surface area contributed by atoms with Crippen molar-refractivity contribution in [3.8, 4) is 0 Å². The molecule has 0 saturated carbocycles. The number of hydrogen-bond acceptors (Lipinski definition) is 2. The molecule has 0 unspecified atom stereocenters. The second-order valence-corrected chi connectivity index (χ2v) is 5.10. The minimum atomic E-state index is -0.299. The molecule has 0 spiro atoms. The van der Waals surface area contributed by atoms with Crippen molar-refractivity contribution in [2.75, 3.05) is 0 Å². The Bertz CT molecular complexity index is 229. The predicted octanol–water partition coefficient (Wildman–Crippen LogP) is 4.05. The van der Waals surface area contributed by atoms with E-state index in [1.54, 1.807) is 0 Å². The van der Waals surface area contributed by atoms with E-state index in [2.05, 4.69) is 60.3 Å². The number of halogens is 1. The van der Waals surface area contributed by atoms with Crippen LogP contribution in [0.25, 0.3) is 0 Å². The van der Waals surface area contributed by atoms with Crippen LogP contribution in [0.3, 0.4) is 0 Å². The van der Waals surface area contributed by atoms with Crippen molar-refractivity contribution in [3.63, 3.8) is 0 Å². The molecule has 0 aromatic carbocycles. The first-order valence-corrected chi connectivity index (χ1v) is 15.1. The number of rotatable bonds is 4. The van der Waals surface area contributed by atoms with E-state index in [1.165, 1.54) is 27.6 Å². The first-order valence-electron chi connectivity index (χ1n) is 6.09. The van der Waals surface area contributed by atoms with Crippen molar-refractivity contribution >= 4 is 26.9 Å². The summed E-state index contributed by atoms with van der Waals surface area (Å²) in [6.45, 7) is 10.4. The van der Waals surface area contributed by atoms with E-state index in [0.29, 0.717) is 0 Å². The summed E-state index contributed by atoms with van der Waals surface area (Å²) in [5, 5.41) is 0. The molecule has 2 nitrogen and oxygen atoms in total. The third kappa shape index (κ3) is 5.71. The zero-order chi connectivity index (χ0) is 13.5. The van der Waals surface area contributed by atoms with Crippen LogP contribution in [-0.2, 0) is 24.1 Å². The first kappa shape index (κ1) is 18.1. The van der Waals surface area contributed by atoms with Crippen LogP contribution in [0.5, 0.6) is 0 Å². The maximum atomic E-state index is 5.78. The molecule has 5 heteroatoms. The zero-order valence-corrected chi connectivity index (χ0v) is 16.8. The van der Waals surface area contributed by atoms with Crippen LogP contribution >= 0.6 is 19.8 Å². The topological polar surface area (TPSA) is 18.5 Å². The van der Waals surface area contributed by atoms with Crippen molar-refractivity contribution in [1.82, 2.24) is 0 Å². The monoisotopic (exact) mass is 400 g/mol. The van der Waals surface area contributed by atoms with Gasteiger partial charge < -0.3 is 15.3 Å². The molecular weight excluding hydrogens is 379 g/mol. The van der Waals surface area contributed by atoms with Gasteiger partial charge in [-0.05, 0) is 27.7 Å². The molecule has 0 aliphatic carbocycles. The van der Waals surface area contributed by atoms with Gasteiger partial charge in [0.2, 0.25) is 0 Å². The van der Waals surface area contributed by atoms with E-state index in [0.717, 1.165) is 6.42 Å². The van der Waals surface area contributed by atoms with Gasteiger partial charge in [0.25, 0.3) is 7.12 Å². The van der Waals surface area contributed by atoms with Crippen molar-refractivity contribution in [2.24, 2.45) is 0 Å². The van der Waals surface area contributed by atoms with Gasteiger partial charge in [-0.3, -0.25) is 6.08 Å². The van der Waals surface area contributed by atoms with Crippen LogP contribution in [0, 0.1) is 5.98 Å². The Balaban J connectivity index is 0.00000121. The normalized spacial score (nSPS) is 21.5. The fourth-order valence-corrected chi connectivity index (χ4v) is 1.40.